The molecule has 0 fully saturated rings. The number of amides is 1. The molecule has 2 N–H and O–H groups in total. The third-order valence-corrected chi connectivity index (χ3v) is 6.79. The Morgan fingerprint density at radius 3 is 2.80 bits per heavy atom. The van der Waals surface area contributed by atoms with Crippen molar-refractivity contribution in [1.82, 2.24) is 4.90 Å². The number of carbonyl (C=O) groups is 1. The van der Waals surface area contributed by atoms with Gasteiger partial charge >= 0.3 is 0 Å². The van der Waals surface area contributed by atoms with Crippen LogP contribution in [0.5, 0.6) is 0 Å². The first-order valence-electron chi connectivity index (χ1n) is 8.15. The molecule has 0 radical (unpaired) electrons. The topological polar surface area (TPSA) is 83.7 Å². The Bertz CT molecular complexity index is 936. The van der Waals surface area contributed by atoms with Crippen molar-refractivity contribution in [2.24, 2.45) is 5.14 Å². The van der Waals surface area contributed by atoms with Crippen molar-refractivity contribution >= 4 is 33.0 Å². The Hall–Kier alpha value is -1.90. The normalized spacial score (nSPS) is 16.7. The van der Waals surface area contributed by atoms with Crippen molar-refractivity contribution < 1.29 is 13.2 Å². The zero-order valence-electron chi connectivity index (χ0n) is 13.6. The van der Waals surface area contributed by atoms with E-state index in [1.807, 2.05) is 9.80 Å². The third-order valence-electron chi connectivity index (χ3n) is 4.86. The van der Waals surface area contributed by atoms with Gasteiger partial charge in [-0.3, -0.25) is 4.79 Å². The molecule has 2 aliphatic rings. The predicted octanol–water partition coefficient (Wildman–Crippen LogP) is 1.34. The Balaban J connectivity index is 1.48. The first kappa shape index (κ1) is 16.6. The van der Waals surface area contributed by atoms with Crippen LogP contribution in [0.15, 0.2) is 34.5 Å². The van der Waals surface area contributed by atoms with Crippen molar-refractivity contribution in [2.45, 2.75) is 24.3 Å². The Morgan fingerprint density at radius 1 is 1.16 bits per heavy atom. The number of nitrogens with zero attached hydrogens (tertiary/aromatic N) is 2. The minimum atomic E-state index is -3.70. The minimum absolute atomic E-state index is 0.111. The maximum atomic E-state index is 12.7. The van der Waals surface area contributed by atoms with Gasteiger partial charge in [-0.2, -0.15) is 0 Å². The zero-order chi connectivity index (χ0) is 17.6. The number of nitrogens with two attached hydrogens (primary N) is 1. The molecule has 0 unspecified atom stereocenters. The van der Waals surface area contributed by atoms with E-state index in [0.717, 1.165) is 30.6 Å². The van der Waals surface area contributed by atoms with Crippen LogP contribution in [0.4, 0.5) is 5.69 Å². The molecular formula is C17H19N3O3S2. The average Bonchev–Trinajstić information content (AvgIpc) is 3.19. The fourth-order valence-electron chi connectivity index (χ4n) is 3.51. The van der Waals surface area contributed by atoms with Crippen LogP contribution >= 0.6 is 11.3 Å². The fourth-order valence-corrected chi connectivity index (χ4v) is 4.97. The molecule has 2 aromatic rings. The number of benzene rings is 1. The highest BCUT2D eigenvalue weighted by Crippen LogP contribution is 2.30. The van der Waals surface area contributed by atoms with Crippen LogP contribution in [0.3, 0.4) is 0 Å². The van der Waals surface area contributed by atoms with Gasteiger partial charge in [-0.15, -0.1) is 11.3 Å². The monoisotopic (exact) mass is 377 g/mol. The summed E-state index contributed by atoms with van der Waals surface area (Å²) in [5.41, 5.74) is 3.11. The molecule has 3 heterocycles. The van der Waals surface area contributed by atoms with Crippen molar-refractivity contribution in [1.29, 1.82) is 0 Å². The van der Waals surface area contributed by atoms with Crippen LogP contribution in [-0.2, 0) is 34.2 Å². The number of carbonyl (C=O) groups excluding carboxylic acids is 1. The summed E-state index contributed by atoms with van der Waals surface area (Å²) in [4.78, 5) is 18.1. The van der Waals surface area contributed by atoms with Crippen LogP contribution in [-0.4, -0.2) is 38.9 Å². The SMILES string of the molecule is NS(=O)(=O)c1ccc2c(c1)CCN2CC(=O)N1CCc2sccc2C1. The first-order chi connectivity index (χ1) is 11.9. The molecule has 0 saturated heterocycles. The van der Waals surface area contributed by atoms with E-state index in [1.54, 1.807) is 23.5 Å². The van der Waals surface area contributed by atoms with Gasteiger partial charge in [-0.05, 0) is 53.6 Å². The molecule has 0 bridgehead atoms. The predicted molar refractivity (Wildman–Crippen MR) is 97.2 cm³/mol. The lowest BCUT2D eigenvalue weighted by Gasteiger charge is -2.29. The minimum Gasteiger partial charge on any atom is -0.362 e. The van der Waals surface area contributed by atoms with Gasteiger partial charge in [-0.25, -0.2) is 13.6 Å². The second kappa shape index (κ2) is 6.12. The molecular weight excluding hydrogens is 358 g/mol. The van der Waals surface area contributed by atoms with E-state index in [1.165, 1.54) is 16.5 Å². The van der Waals surface area contributed by atoms with Gasteiger partial charge in [0.25, 0.3) is 0 Å². The molecule has 1 aromatic carbocycles. The van der Waals surface area contributed by atoms with Crippen LogP contribution in [0.25, 0.3) is 0 Å². The summed E-state index contributed by atoms with van der Waals surface area (Å²) in [5.74, 6) is 0.111. The van der Waals surface area contributed by atoms with Gasteiger partial charge in [0.2, 0.25) is 15.9 Å². The van der Waals surface area contributed by atoms with E-state index in [2.05, 4.69) is 11.4 Å². The summed E-state index contributed by atoms with van der Waals surface area (Å²) >= 11 is 1.76. The fraction of sp³-hybridized carbons (Fsp3) is 0.353. The smallest absolute Gasteiger partial charge is 0.242 e. The van der Waals surface area contributed by atoms with Gasteiger partial charge in [0, 0.05) is 30.2 Å². The van der Waals surface area contributed by atoms with Crippen molar-refractivity contribution in [3.05, 3.63) is 45.6 Å². The Morgan fingerprint density at radius 2 is 2.00 bits per heavy atom. The van der Waals surface area contributed by atoms with Gasteiger partial charge in [-0.1, -0.05) is 0 Å². The molecule has 25 heavy (non-hydrogen) atoms. The van der Waals surface area contributed by atoms with E-state index in [9.17, 15) is 13.2 Å². The number of sulfonamides is 1. The summed E-state index contributed by atoms with van der Waals surface area (Å²) in [5, 5.41) is 7.27. The van der Waals surface area contributed by atoms with Gasteiger partial charge in [0.1, 0.15) is 0 Å². The second-order valence-electron chi connectivity index (χ2n) is 6.44. The van der Waals surface area contributed by atoms with Crippen LogP contribution in [0.2, 0.25) is 0 Å². The van der Waals surface area contributed by atoms with Crippen LogP contribution < -0.4 is 10.0 Å². The summed E-state index contributed by atoms with van der Waals surface area (Å²) in [6, 6.07) is 6.98. The second-order valence-corrected chi connectivity index (χ2v) is 9.00. The lowest BCUT2D eigenvalue weighted by Crippen LogP contribution is -2.42. The summed E-state index contributed by atoms with van der Waals surface area (Å²) < 4.78 is 23.0. The molecule has 1 aromatic heterocycles. The molecule has 6 nitrogen and oxygen atoms in total. The Kier molecular flexibility index (Phi) is 4.05. The van der Waals surface area contributed by atoms with Crippen molar-refractivity contribution in [3.63, 3.8) is 0 Å². The highest BCUT2D eigenvalue weighted by molar-refractivity contribution is 7.89. The molecule has 0 aliphatic carbocycles. The first-order valence-corrected chi connectivity index (χ1v) is 10.6. The zero-order valence-corrected chi connectivity index (χ0v) is 15.3. The molecule has 0 saturated carbocycles. The largest absolute Gasteiger partial charge is 0.362 e. The van der Waals surface area contributed by atoms with Gasteiger partial charge < -0.3 is 9.80 Å². The Labute approximate surface area is 150 Å². The molecule has 0 spiro atoms. The molecule has 1 amide bonds. The van der Waals surface area contributed by atoms with Crippen LogP contribution in [0, 0.1) is 0 Å². The van der Waals surface area contributed by atoms with Crippen molar-refractivity contribution in [2.75, 3.05) is 24.5 Å². The maximum absolute atomic E-state index is 12.7. The summed E-state index contributed by atoms with van der Waals surface area (Å²) in [6.07, 6.45) is 1.65. The van der Waals surface area contributed by atoms with Crippen molar-refractivity contribution in [3.8, 4) is 0 Å². The lowest BCUT2D eigenvalue weighted by atomic mass is 10.1. The number of anilines is 1. The van der Waals surface area contributed by atoms with E-state index < -0.39 is 10.0 Å². The number of fused-ring (bicyclic) bond motifs is 2. The summed E-state index contributed by atoms with van der Waals surface area (Å²) in [7, 11) is -3.70. The van der Waals surface area contributed by atoms with E-state index in [4.69, 9.17) is 5.14 Å². The number of hydrogen-bond donors (Lipinski definition) is 1. The number of primary sulfonamides is 1. The average molecular weight is 377 g/mol. The van der Waals surface area contributed by atoms with Gasteiger partial charge in [0.15, 0.2) is 0 Å². The quantitative estimate of drug-likeness (QED) is 0.875. The van der Waals surface area contributed by atoms with E-state index >= 15 is 0 Å². The number of thiophene rings is 1. The molecule has 8 heteroatoms. The standard InChI is InChI=1S/C17H19N3O3S2/c18-25(22,23)14-1-2-15-12(9-14)3-6-19(15)11-17(21)20-7-4-16-13(10-20)5-8-24-16/h1-2,5,8-9H,3-4,6-7,10-11H2,(H2,18,22,23). The van der Waals surface area contributed by atoms with Gasteiger partial charge in [0.05, 0.1) is 11.4 Å². The number of hydrogen-bond acceptors (Lipinski definition) is 5. The van der Waals surface area contributed by atoms with E-state index in [0.29, 0.717) is 19.6 Å². The third kappa shape index (κ3) is 3.17. The highest BCUT2D eigenvalue weighted by atomic mass is 32.2. The highest BCUT2D eigenvalue weighted by Gasteiger charge is 2.27. The van der Waals surface area contributed by atoms with E-state index in [-0.39, 0.29) is 10.8 Å². The molecule has 0 atom stereocenters. The lowest BCUT2D eigenvalue weighted by molar-refractivity contribution is -0.130. The van der Waals surface area contributed by atoms with Crippen LogP contribution in [0.1, 0.15) is 16.0 Å². The number of rotatable bonds is 3. The maximum Gasteiger partial charge on any atom is 0.242 e. The molecule has 2 aliphatic heterocycles. The summed E-state index contributed by atoms with van der Waals surface area (Å²) in [6.45, 7) is 2.48. The molecule has 4 rings (SSSR count). The molecule has 132 valence electrons.